The summed E-state index contributed by atoms with van der Waals surface area (Å²) in [5.41, 5.74) is 1.09. The van der Waals surface area contributed by atoms with Crippen LogP contribution in [0.4, 0.5) is 0 Å². The van der Waals surface area contributed by atoms with Gasteiger partial charge in [0.1, 0.15) is 11.5 Å². The van der Waals surface area contributed by atoms with Gasteiger partial charge in [0.2, 0.25) is 10.0 Å². The first kappa shape index (κ1) is 19.0. The average Bonchev–Trinajstić information content (AvgIpc) is 2.96. The fourth-order valence-corrected chi connectivity index (χ4v) is 4.24. The van der Waals surface area contributed by atoms with Crippen LogP contribution in [0.15, 0.2) is 45.7 Å². The Kier molecular flexibility index (Phi) is 6.49. The molecule has 0 atom stereocenters. The van der Waals surface area contributed by atoms with Gasteiger partial charge >= 0.3 is 0 Å². The van der Waals surface area contributed by atoms with E-state index in [2.05, 4.69) is 0 Å². The minimum absolute atomic E-state index is 0.170. The largest absolute Gasteiger partial charge is 0.465 e. The monoisotopic (exact) mass is 369 g/mol. The topological polar surface area (TPSA) is 50.5 Å². The molecule has 4 nitrogen and oxygen atoms in total. The third-order valence-corrected chi connectivity index (χ3v) is 6.12. The molecule has 0 aliphatic carbocycles. The third kappa shape index (κ3) is 4.62. The summed E-state index contributed by atoms with van der Waals surface area (Å²) >= 11 is 5.70. The maximum atomic E-state index is 13.0. The number of alkyl halides is 1. The van der Waals surface area contributed by atoms with E-state index in [0.717, 1.165) is 24.2 Å². The van der Waals surface area contributed by atoms with Gasteiger partial charge in [-0.3, -0.25) is 0 Å². The first-order valence-electron chi connectivity index (χ1n) is 8.06. The van der Waals surface area contributed by atoms with Crippen molar-refractivity contribution in [1.29, 1.82) is 0 Å². The Morgan fingerprint density at radius 2 is 1.79 bits per heavy atom. The number of furan rings is 1. The molecule has 0 bridgehead atoms. The van der Waals surface area contributed by atoms with E-state index in [1.165, 1.54) is 4.31 Å². The van der Waals surface area contributed by atoms with Crippen LogP contribution in [0.3, 0.4) is 0 Å². The van der Waals surface area contributed by atoms with Crippen molar-refractivity contribution < 1.29 is 12.8 Å². The normalized spacial score (nSPS) is 12.2. The highest BCUT2D eigenvalue weighted by Crippen LogP contribution is 2.22. The molecule has 132 valence electrons. The molecule has 24 heavy (non-hydrogen) atoms. The number of halogens is 1. The molecule has 0 fully saturated rings. The highest BCUT2D eigenvalue weighted by molar-refractivity contribution is 7.89. The summed E-state index contributed by atoms with van der Waals surface area (Å²) in [6.45, 7) is 5.80. The molecule has 6 heteroatoms. The highest BCUT2D eigenvalue weighted by Gasteiger charge is 2.28. The molecule has 0 amide bonds. The fourth-order valence-electron chi connectivity index (χ4n) is 2.50. The molecule has 0 saturated carbocycles. The summed E-state index contributed by atoms with van der Waals surface area (Å²) in [4.78, 5) is 0.300. The van der Waals surface area contributed by atoms with E-state index in [9.17, 15) is 8.42 Å². The van der Waals surface area contributed by atoms with Crippen molar-refractivity contribution in [2.45, 2.75) is 51.1 Å². The van der Waals surface area contributed by atoms with Gasteiger partial charge in [0.25, 0.3) is 0 Å². The van der Waals surface area contributed by atoms with Gasteiger partial charge in [0, 0.05) is 11.9 Å². The van der Waals surface area contributed by atoms with Crippen LogP contribution in [-0.2, 0) is 23.0 Å². The predicted molar refractivity (Wildman–Crippen MR) is 96.8 cm³/mol. The van der Waals surface area contributed by atoms with Crippen LogP contribution in [0.1, 0.15) is 37.4 Å². The molecule has 0 aliphatic heterocycles. The molecule has 0 unspecified atom stereocenters. The molecule has 0 radical (unpaired) electrons. The second-order valence-corrected chi connectivity index (χ2v) is 8.36. The van der Waals surface area contributed by atoms with Crippen molar-refractivity contribution >= 4 is 21.6 Å². The Bertz CT molecular complexity index is 751. The van der Waals surface area contributed by atoms with Gasteiger partial charge in [-0.05, 0) is 63.4 Å². The minimum Gasteiger partial charge on any atom is -0.465 e. The van der Waals surface area contributed by atoms with Gasteiger partial charge in [-0.2, -0.15) is 4.31 Å². The lowest BCUT2D eigenvalue weighted by Gasteiger charge is -2.25. The zero-order valence-corrected chi connectivity index (χ0v) is 15.9. The predicted octanol–water partition coefficient (Wildman–Crippen LogP) is 4.36. The number of benzene rings is 1. The highest BCUT2D eigenvalue weighted by atomic mass is 35.5. The van der Waals surface area contributed by atoms with Crippen LogP contribution >= 0.6 is 11.6 Å². The van der Waals surface area contributed by atoms with Crippen LogP contribution in [0.25, 0.3) is 0 Å². The van der Waals surface area contributed by atoms with Gasteiger partial charge < -0.3 is 4.42 Å². The molecule has 0 saturated heterocycles. The van der Waals surface area contributed by atoms with E-state index in [4.69, 9.17) is 16.0 Å². The van der Waals surface area contributed by atoms with E-state index >= 15 is 0 Å². The number of hydrogen-bond donors (Lipinski definition) is 0. The van der Waals surface area contributed by atoms with Crippen molar-refractivity contribution in [3.63, 3.8) is 0 Å². The van der Waals surface area contributed by atoms with Gasteiger partial charge in [-0.15, -0.1) is 11.6 Å². The van der Waals surface area contributed by atoms with Crippen LogP contribution in [0, 0.1) is 6.92 Å². The molecular formula is C18H24ClNO3S. The van der Waals surface area contributed by atoms with E-state index in [-0.39, 0.29) is 12.6 Å². The van der Waals surface area contributed by atoms with Crippen molar-refractivity contribution in [1.82, 2.24) is 4.31 Å². The van der Waals surface area contributed by atoms with Crippen LogP contribution in [0.2, 0.25) is 0 Å². The van der Waals surface area contributed by atoms with Crippen molar-refractivity contribution in [2.75, 3.05) is 5.88 Å². The molecule has 0 spiro atoms. The summed E-state index contributed by atoms with van der Waals surface area (Å²) in [6, 6.07) is 10.5. The van der Waals surface area contributed by atoms with Gasteiger partial charge in [0.15, 0.2) is 0 Å². The van der Waals surface area contributed by atoms with Gasteiger partial charge in [-0.25, -0.2) is 8.42 Å². The number of aryl methyl sites for hydroxylation is 2. The third-order valence-electron chi connectivity index (χ3n) is 3.81. The quantitative estimate of drug-likeness (QED) is 0.649. The zero-order chi connectivity index (χ0) is 17.7. The zero-order valence-electron chi connectivity index (χ0n) is 14.3. The summed E-state index contributed by atoms with van der Waals surface area (Å²) < 4.78 is 32.9. The molecule has 1 aromatic heterocycles. The maximum absolute atomic E-state index is 13.0. The summed E-state index contributed by atoms with van der Waals surface area (Å²) in [5, 5.41) is 0. The lowest BCUT2D eigenvalue weighted by Crippen LogP contribution is -2.36. The Hall–Kier alpha value is -1.30. The molecule has 0 aliphatic rings. The Balaban J connectivity index is 2.24. The molecule has 1 aromatic carbocycles. The summed E-state index contributed by atoms with van der Waals surface area (Å²) in [7, 11) is -3.58. The molecule has 2 rings (SSSR count). The minimum atomic E-state index is -3.58. The molecule has 1 heterocycles. The first-order chi connectivity index (χ1) is 11.3. The van der Waals surface area contributed by atoms with Crippen LogP contribution < -0.4 is 0 Å². The number of nitrogens with zero attached hydrogens (tertiary/aromatic N) is 1. The second-order valence-electron chi connectivity index (χ2n) is 6.09. The Morgan fingerprint density at radius 3 is 2.29 bits per heavy atom. The standard InChI is InChI=1S/C18H24ClNO3S/c1-14(2)20(13-17-9-6-15(3)23-17)24(21,22)18-10-7-16(8-11-18)5-4-12-19/h6-11,14H,4-5,12-13H2,1-3H3. The molecular weight excluding hydrogens is 346 g/mol. The van der Waals surface area contributed by atoms with E-state index in [1.807, 2.05) is 45.0 Å². The van der Waals surface area contributed by atoms with Gasteiger partial charge in [0.05, 0.1) is 11.4 Å². The summed E-state index contributed by atoms with van der Waals surface area (Å²) in [5.74, 6) is 2.02. The summed E-state index contributed by atoms with van der Waals surface area (Å²) in [6.07, 6.45) is 1.73. The maximum Gasteiger partial charge on any atom is 0.243 e. The Morgan fingerprint density at radius 1 is 1.12 bits per heavy atom. The lowest BCUT2D eigenvalue weighted by molar-refractivity contribution is 0.314. The van der Waals surface area contributed by atoms with E-state index < -0.39 is 10.0 Å². The van der Waals surface area contributed by atoms with Crippen molar-refractivity contribution in [2.24, 2.45) is 0 Å². The first-order valence-corrected chi connectivity index (χ1v) is 10.0. The molecule has 2 aromatic rings. The van der Waals surface area contributed by atoms with Crippen LogP contribution in [-0.4, -0.2) is 24.6 Å². The molecule has 0 N–H and O–H groups in total. The number of rotatable bonds is 8. The smallest absolute Gasteiger partial charge is 0.243 e. The second kappa shape index (κ2) is 8.19. The number of sulfonamides is 1. The lowest BCUT2D eigenvalue weighted by atomic mass is 10.1. The van der Waals surface area contributed by atoms with Crippen molar-refractivity contribution in [3.8, 4) is 0 Å². The van der Waals surface area contributed by atoms with Crippen molar-refractivity contribution in [3.05, 3.63) is 53.5 Å². The van der Waals surface area contributed by atoms with E-state index in [0.29, 0.717) is 16.5 Å². The SMILES string of the molecule is Cc1ccc(CN(C(C)C)S(=O)(=O)c2ccc(CCCCl)cc2)o1. The van der Waals surface area contributed by atoms with Crippen LogP contribution in [0.5, 0.6) is 0 Å². The van der Waals surface area contributed by atoms with Gasteiger partial charge in [-0.1, -0.05) is 12.1 Å². The number of hydrogen-bond acceptors (Lipinski definition) is 3. The van der Waals surface area contributed by atoms with E-state index in [1.54, 1.807) is 12.1 Å². The fraction of sp³-hybridized carbons (Fsp3) is 0.444. The average molecular weight is 370 g/mol. The Labute approximate surface area is 149 Å².